The molecule has 0 aliphatic carbocycles. The minimum atomic E-state index is -1.04. The smallest absolute Gasteiger partial charge is 0.336 e. The van der Waals surface area contributed by atoms with Crippen molar-refractivity contribution in [1.82, 2.24) is 9.80 Å². The van der Waals surface area contributed by atoms with E-state index in [9.17, 15) is 14.7 Å². The highest BCUT2D eigenvalue weighted by Gasteiger charge is 2.27. The molecule has 0 bridgehead atoms. The lowest BCUT2D eigenvalue weighted by atomic mass is 9.96. The summed E-state index contributed by atoms with van der Waals surface area (Å²) in [5, 5.41) is 9.38. The zero-order valence-electron chi connectivity index (χ0n) is 12.1. The Morgan fingerprint density at radius 3 is 2.00 bits per heavy atom. The van der Waals surface area contributed by atoms with Gasteiger partial charge < -0.3 is 14.9 Å². The number of carbonyl (C=O) groups is 2. The second kappa shape index (κ2) is 5.63. The monoisotopic (exact) mass is 276 g/mol. The second-order valence-electron chi connectivity index (χ2n) is 5.35. The molecule has 0 spiro atoms. The molecule has 2 rings (SSSR count). The summed E-state index contributed by atoms with van der Waals surface area (Å²) in [4.78, 5) is 28.0. The summed E-state index contributed by atoms with van der Waals surface area (Å²) < 4.78 is 0. The molecule has 1 aromatic carbocycles. The van der Waals surface area contributed by atoms with Gasteiger partial charge in [-0.05, 0) is 32.0 Å². The number of hydrogen-bond donors (Lipinski definition) is 1. The number of carboxylic acids is 1. The quantitative estimate of drug-likeness (QED) is 0.886. The lowest BCUT2D eigenvalue weighted by Gasteiger charge is -2.33. The van der Waals surface area contributed by atoms with Crippen LogP contribution in [0.25, 0.3) is 0 Å². The Bertz CT molecular complexity index is 546. The lowest BCUT2D eigenvalue weighted by molar-refractivity contribution is 0.0634. The number of hydrogen-bond acceptors (Lipinski definition) is 3. The van der Waals surface area contributed by atoms with Crippen LogP contribution in [0, 0.1) is 13.8 Å². The van der Waals surface area contributed by atoms with E-state index in [2.05, 4.69) is 4.90 Å². The second-order valence-corrected chi connectivity index (χ2v) is 5.35. The zero-order chi connectivity index (χ0) is 14.9. The molecule has 1 fully saturated rings. The minimum Gasteiger partial charge on any atom is -0.478 e. The van der Waals surface area contributed by atoms with Crippen LogP contribution in [0.2, 0.25) is 0 Å². The first kappa shape index (κ1) is 14.5. The molecule has 1 heterocycles. The molecule has 0 saturated carbocycles. The number of aromatic carboxylic acids is 1. The van der Waals surface area contributed by atoms with Crippen molar-refractivity contribution in [2.45, 2.75) is 13.8 Å². The molecule has 0 aromatic heterocycles. The number of carbonyl (C=O) groups excluding carboxylic acids is 1. The van der Waals surface area contributed by atoms with Crippen molar-refractivity contribution >= 4 is 11.9 Å². The van der Waals surface area contributed by atoms with Crippen LogP contribution in [-0.4, -0.2) is 60.0 Å². The van der Waals surface area contributed by atoms with Gasteiger partial charge in [-0.25, -0.2) is 4.79 Å². The number of rotatable bonds is 2. The van der Waals surface area contributed by atoms with Gasteiger partial charge in [0.1, 0.15) is 0 Å². The Labute approximate surface area is 118 Å². The number of nitrogens with zero attached hydrogens (tertiary/aromatic N) is 2. The Morgan fingerprint density at radius 1 is 1.00 bits per heavy atom. The molecule has 20 heavy (non-hydrogen) atoms. The summed E-state index contributed by atoms with van der Waals surface area (Å²) in [5.74, 6) is -1.21. The van der Waals surface area contributed by atoms with E-state index >= 15 is 0 Å². The van der Waals surface area contributed by atoms with Crippen molar-refractivity contribution < 1.29 is 14.7 Å². The molecular weight excluding hydrogens is 256 g/mol. The van der Waals surface area contributed by atoms with Crippen LogP contribution in [0.15, 0.2) is 12.1 Å². The van der Waals surface area contributed by atoms with Crippen molar-refractivity contribution in [3.05, 3.63) is 34.4 Å². The Morgan fingerprint density at radius 2 is 1.50 bits per heavy atom. The normalized spacial score (nSPS) is 16.2. The van der Waals surface area contributed by atoms with Crippen LogP contribution in [-0.2, 0) is 0 Å². The lowest BCUT2D eigenvalue weighted by Crippen LogP contribution is -2.47. The molecule has 1 amide bonds. The zero-order valence-corrected chi connectivity index (χ0v) is 12.1. The number of amides is 1. The Hall–Kier alpha value is -1.88. The summed E-state index contributed by atoms with van der Waals surface area (Å²) in [5.41, 5.74) is 1.81. The summed E-state index contributed by atoms with van der Waals surface area (Å²) in [7, 11) is 2.02. The van der Waals surface area contributed by atoms with E-state index < -0.39 is 5.97 Å². The van der Waals surface area contributed by atoms with Gasteiger partial charge in [-0.2, -0.15) is 0 Å². The molecule has 5 heteroatoms. The van der Waals surface area contributed by atoms with Gasteiger partial charge in [-0.1, -0.05) is 12.1 Å². The number of carboxylic acid groups (broad SMARTS) is 1. The Kier molecular flexibility index (Phi) is 4.09. The molecule has 108 valence electrons. The van der Waals surface area contributed by atoms with E-state index in [1.807, 2.05) is 13.1 Å². The fraction of sp³-hybridized carbons (Fsp3) is 0.467. The van der Waals surface area contributed by atoms with Gasteiger partial charge in [0.05, 0.1) is 11.1 Å². The van der Waals surface area contributed by atoms with Crippen molar-refractivity contribution in [2.75, 3.05) is 33.2 Å². The first-order chi connectivity index (χ1) is 9.41. The predicted octanol–water partition coefficient (Wildman–Crippen LogP) is 1.39. The highest BCUT2D eigenvalue weighted by Crippen LogP contribution is 2.21. The molecular formula is C15H20N2O3. The standard InChI is InChI=1S/C15H20N2O3/c1-10-4-5-11(2)13(15(19)20)12(10)14(18)17-8-6-16(3)7-9-17/h4-5H,6-9H2,1-3H3,(H,19,20). The van der Waals surface area contributed by atoms with E-state index in [1.54, 1.807) is 24.8 Å². The summed E-state index contributed by atoms with van der Waals surface area (Å²) in [6.45, 7) is 6.43. The minimum absolute atomic E-state index is 0.133. The molecule has 0 unspecified atom stereocenters. The maximum absolute atomic E-state index is 12.6. The topological polar surface area (TPSA) is 60.9 Å². The van der Waals surface area contributed by atoms with Gasteiger partial charge in [0.2, 0.25) is 0 Å². The van der Waals surface area contributed by atoms with Crippen molar-refractivity contribution in [3.63, 3.8) is 0 Å². The summed E-state index contributed by atoms with van der Waals surface area (Å²) in [6, 6.07) is 3.56. The van der Waals surface area contributed by atoms with Crippen LogP contribution in [0.4, 0.5) is 0 Å². The van der Waals surface area contributed by atoms with Crippen LogP contribution in [0.1, 0.15) is 31.8 Å². The Balaban J connectivity index is 2.39. The van der Waals surface area contributed by atoms with Gasteiger partial charge in [-0.3, -0.25) is 4.79 Å². The third kappa shape index (κ3) is 2.67. The van der Waals surface area contributed by atoms with E-state index in [0.29, 0.717) is 24.2 Å². The van der Waals surface area contributed by atoms with Gasteiger partial charge in [-0.15, -0.1) is 0 Å². The predicted molar refractivity (Wildman–Crippen MR) is 76.3 cm³/mol. The average Bonchev–Trinajstić information content (AvgIpc) is 2.40. The molecule has 1 aliphatic rings. The van der Waals surface area contributed by atoms with Gasteiger partial charge in [0, 0.05) is 26.2 Å². The highest BCUT2D eigenvalue weighted by atomic mass is 16.4. The molecule has 0 radical (unpaired) electrons. The molecule has 1 aromatic rings. The summed E-state index contributed by atoms with van der Waals surface area (Å²) >= 11 is 0. The molecule has 5 nitrogen and oxygen atoms in total. The fourth-order valence-corrected chi connectivity index (χ4v) is 2.53. The van der Waals surface area contributed by atoms with Crippen molar-refractivity contribution in [3.8, 4) is 0 Å². The van der Waals surface area contributed by atoms with E-state index in [0.717, 1.165) is 18.7 Å². The largest absolute Gasteiger partial charge is 0.478 e. The third-order valence-corrected chi connectivity index (χ3v) is 3.84. The maximum atomic E-state index is 12.6. The first-order valence-corrected chi connectivity index (χ1v) is 6.73. The summed E-state index contributed by atoms with van der Waals surface area (Å²) in [6.07, 6.45) is 0. The van der Waals surface area contributed by atoms with Gasteiger partial charge >= 0.3 is 5.97 Å². The average molecular weight is 276 g/mol. The molecule has 1 aliphatic heterocycles. The first-order valence-electron chi connectivity index (χ1n) is 6.73. The van der Waals surface area contributed by atoms with Crippen molar-refractivity contribution in [2.24, 2.45) is 0 Å². The number of aryl methyl sites for hydroxylation is 2. The fourth-order valence-electron chi connectivity index (χ4n) is 2.53. The van der Waals surface area contributed by atoms with E-state index in [-0.39, 0.29) is 11.5 Å². The third-order valence-electron chi connectivity index (χ3n) is 3.84. The number of piperazine rings is 1. The van der Waals surface area contributed by atoms with Crippen LogP contribution in [0.5, 0.6) is 0 Å². The van der Waals surface area contributed by atoms with E-state index in [1.165, 1.54) is 0 Å². The number of likely N-dealkylation sites (N-methyl/N-ethyl adjacent to an activating group) is 1. The van der Waals surface area contributed by atoms with Crippen LogP contribution < -0.4 is 0 Å². The molecule has 1 N–H and O–H groups in total. The maximum Gasteiger partial charge on any atom is 0.336 e. The van der Waals surface area contributed by atoms with Crippen LogP contribution in [0.3, 0.4) is 0 Å². The van der Waals surface area contributed by atoms with Crippen molar-refractivity contribution in [1.29, 1.82) is 0 Å². The molecule has 0 atom stereocenters. The highest BCUT2D eigenvalue weighted by molar-refractivity contribution is 6.06. The molecule has 1 saturated heterocycles. The number of benzene rings is 1. The van der Waals surface area contributed by atoms with E-state index in [4.69, 9.17) is 0 Å². The van der Waals surface area contributed by atoms with Crippen LogP contribution >= 0.6 is 0 Å². The SMILES string of the molecule is Cc1ccc(C)c(C(=O)N2CCN(C)CC2)c1C(=O)O. The van der Waals surface area contributed by atoms with Gasteiger partial charge in [0.25, 0.3) is 5.91 Å². The van der Waals surface area contributed by atoms with Gasteiger partial charge in [0.15, 0.2) is 0 Å².